The van der Waals surface area contributed by atoms with Crippen LogP contribution in [-0.2, 0) is 24.4 Å². The zero-order valence-corrected chi connectivity index (χ0v) is 14.9. The minimum atomic E-state index is 0.347. The van der Waals surface area contributed by atoms with Crippen LogP contribution in [-0.4, -0.2) is 41.5 Å². The SMILES string of the molecule is CCOC[C@H]1CN(Cc2ccc(OC)cc2)Cc2cn(CC)nc21. The molecule has 0 spiro atoms. The lowest BCUT2D eigenvalue weighted by atomic mass is 9.97. The first kappa shape index (κ1) is 17.0. The van der Waals surface area contributed by atoms with Gasteiger partial charge in [0, 0.05) is 50.5 Å². The fourth-order valence-corrected chi connectivity index (χ4v) is 3.31. The first-order valence-corrected chi connectivity index (χ1v) is 8.72. The van der Waals surface area contributed by atoms with Gasteiger partial charge in [0.15, 0.2) is 0 Å². The molecule has 0 radical (unpaired) electrons. The van der Waals surface area contributed by atoms with Crippen LogP contribution in [0.1, 0.15) is 36.6 Å². The molecule has 0 unspecified atom stereocenters. The van der Waals surface area contributed by atoms with E-state index in [9.17, 15) is 0 Å². The van der Waals surface area contributed by atoms with Crippen molar-refractivity contribution in [2.24, 2.45) is 0 Å². The van der Waals surface area contributed by atoms with Gasteiger partial charge in [-0.05, 0) is 31.5 Å². The summed E-state index contributed by atoms with van der Waals surface area (Å²) in [6.45, 7) is 9.44. The van der Waals surface area contributed by atoms with Gasteiger partial charge in [0.25, 0.3) is 0 Å². The van der Waals surface area contributed by atoms with Crippen LogP contribution in [0.15, 0.2) is 30.5 Å². The molecule has 2 heterocycles. The van der Waals surface area contributed by atoms with Crippen molar-refractivity contribution in [1.82, 2.24) is 14.7 Å². The summed E-state index contributed by atoms with van der Waals surface area (Å²) in [5.41, 5.74) is 3.86. The molecule has 0 saturated heterocycles. The fourth-order valence-electron chi connectivity index (χ4n) is 3.31. The van der Waals surface area contributed by atoms with Crippen LogP contribution < -0.4 is 4.74 Å². The average molecular weight is 329 g/mol. The van der Waals surface area contributed by atoms with E-state index < -0.39 is 0 Å². The Bertz CT molecular complexity index is 651. The lowest BCUT2D eigenvalue weighted by molar-refractivity contribution is 0.104. The predicted molar refractivity (Wildman–Crippen MR) is 94.2 cm³/mol. The lowest BCUT2D eigenvalue weighted by Crippen LogP contribution is -2.34. The predicted octanol–water partition coefficient (Wildman–Crippen LogP) is 3.05. The quantitative estimate of drug-likeness (QED) is 0.783. The normalized spacial score (nSPS) is 17.7. The summed E-state index contributed by atoms with van der Waals surface area (Å²) in [7, 11) is 1.70. The Labute approximate surface area is 144 Å². The molecule has 5 nitrogen and oxygen atoms in total. The Kier molecular flexibility index (Phi) is 5.53. The summed E-state index contributed by atoms with van der Waals surface area (Å²) in [6, 6.07) is 8.33. The summed E-state index contributed by atoms with van der Waals surface area (Å²) in [5, 5.41) is 4.76. The third-order valence-electron chi connectivity index (χ3n) is 4.54. The maximum atomic E-state index is 5.71. The first-order chi connectivity index (χ1) is 11.7. The van der Waals surface area contributed by atoms with Gasteiger partial charge in [0.2, 0.25) is 0 Å². The topological polar surface area (TPSA) is 39.5 Å². The van der Waals surface area contributed by atoms with Gasteiger partial charge < -0.3 is 9.47 Å². The summed E-state index contributed by atoms with van der Waals surface area (Å²) >= 11 is 0. The van der Waals surface area contributed by atoms with Crippen LogP contribution in [0.4, 0.5) is 0 Å². The highest BCUT2D eigenvalue weighted by molar-refractivity contribution is 5.28. The second-order valence-corrected chi connectivity index (χ2v) is 6.27. The fraction of sp³-hybridized carbons (Fsp3) is 0.526. The smallest absolute Gasteiger partial charge is 0.118 e. The Hall–Kier alpha value is -1.85. The van der Waals surface area contributed by atoms with E-state index in [4.69, 9.17) is 14.6 Å². The van der Waals surface area contributed by atoms with Crippen LogP contribution in [0, 0.1) is 0 Å². The number of fused-ring (bicyclic) bond motifs is 1. The molecule has 24 heavy (non-hydrogen) atoms. The first-order valence-electron chi connectivity index (χ1n) is 8.72. The van der Waals surface area contributed by atoms with E-state index >= 15 is 0 Å². The van der Waals surface area contributed by atoms with Crippen molar-refractivity contribution in [1.29, 1.82) is 0 Å². The van der Waals surface area contributed by atoms with Crippen molar-refractivity contribution in [3.8, 4) is 5.75 Å². The molecule has 0 bridgehead atoms. The van der Waals surface area contributed by atoms with Crippen LogP contribution in [0.5, 0.6) is 5.75 Å². The molecule has 3 rings (SSSR count). The summed E-state index contributed by atoms with van der Waals surface area (Å²) < 4.78 is 13.0. The van der Waals surface area contributed by atoms with Crippen molar-refractivity contribution in [3.63, 3.8) is 0 Å². The molecule has 0 aliphatic carbocycles. The van der Waals surface area contributed by atoms with Gasteiger partial charge >= 0.3 is 0 Å². The minimum Gasteiger partial charge on any atom is -0.497 e. The molecule has 1 aliphatic rings. The molecular formula is C19H27N3O2. The van der Waals surface area contributed by atoms with E-state index in [1.165, 1.54) is 16.8 Å². The molecule has 0 fully saturated rings. The number of aryl methyl sites for hydroxylation is 1. The van der Waals surface area contributed by atoms with Crippen LogP contribution in [0.3, 0.4) is 0 Å². The zero-order chi connectivity index (χ0) is 16.9. The molecule has 1 aromatic heterocycles. The maximum absolute atomic E-state index is 5.71. The Balaban J connectivity index is 1.74. The van der Waals surface area contributed by atoms with Crippen LogP contribution in [0.25, 0.3) is 0 Å². The highest BCUT2D eigenvalue weighted by atomic mass is 16.5. The van der Waals surface area contributed by atoms with Gasteiger partial charge in [0.1, 0.15) is 5.75 Å². The molecule has 5 heteroatoms. The van der Waals surface area contributed by atoms with Gasteiger partial charge in [-0.15, -0.1) is 0 Å². The number of methoxy groups -OCH3 is 1. The number of rotatable bonds is 7. The molecule has 130 valence electrons. The maximum Gasteiger partial charge on any atom is 0.118 e. The molecule has 1 aromatic carbocycles. The number of ether oxygens (including phenoxy) is 2. The second-order valence-electron chi connectivity index (χ2n) is 6.27. The van der Waals surface area contributed by atoms with Crippen LogP contribution in [0.2, 0.25) is 0 Å². The molecule has 1 atom stereocenters. The third-order valence-corrected chi connectivity index (χ3v) is 4.54. The highest BCUT2D eigenvalue weighted by Crippen LogP contribution is 2.28. The molecule has 0 saturated carbocycles. The minimum absolute atomic E-state index is 0.347. The number of hydrogen-bond donors (Lipinski definition) is 0. The van der Waals surface area contributed by atoms with E-state index in [1.54, 1.807) is 7.11 Å². The van der Waals surface area contributed by atoms with Gasteiger partial charge in [-0.3, -0.25) is 9.58 Å². The third kappa shape index (κ3) is 3.79. The van der Waals surface area contributed by atoms with E-state index in [2.05, 4.69) is 30.2 Å². The van der Waals surface area contributed by atoms with E-state index in [0.717, 1.165) is 45.1 Å². The lowest BCUT2D eigenvalue weighted by Gasteiger charge is -2.31. The van der Waals surface area contributed by atoms with Crippen molar-refractivity contribution in [3.05, 3.63) is 47.3 Å². The van der Waals surface area contributed by atoms with Gasteiger partial charge in [0.05, 0.1) is 19.4 Å². The number of aromatic nitrogens is 2. The molecule has 0 amide bonds. The van der Waals surface area contributed by atoms with Crippen molar-refractivity contribution < 1.29 is 9.47 Å². The monoisotopic (exact) mass is 329 g/mol. The average Bonchev–Trinajstić information content (AvgIpc) is 3.03. The van der Waals surface area contributed by atoms with Gasteiger partial charge in [-0.25, -0.2) is 0 Å². The molecule has 0 N–H and O–H groups in total. The largest absolute Gasteiger partial charge is 0.497 e. The second kappa shape index (κ2) is 7.81. The Morgan fingerprint density at radius 1 is 1.21 bits per heavy atom. The molecule has 2 aromatic rings. The van der Waals surface area contributed by atoms with Gasteiger partial charge in [-0.1, -0.05) is 12.1 Å². The number of benzene rings is 1. The summed E-state index contributed by atoms with van der Waals surface area (Å²) in [6.07, 6.45) is 2.19. The van der Waals surface area contributed by atoms with Crippen molar-refractivity contribution in [2.45, 2.75) is 39.4 Å². The van der Waals surface area contributed by atoms with E-state index in [0.29, 0.717) is 5.92 Å². The van der Waals surface area contributed by atoms with E-state index in [1.807, 2.05) is 23.7 Å². The summed E-state index contributed by atoms with van der Waals surface area (Å²) in [4.78, 5) is 2.48. The van der Waals surface area contributed by atoms with Gasteiger partial charge in [-0.2, -0.15) is 5.10 Å². The molecule has 1 aliphatic heterocycles. The van der Waals surface area contributed by atoms with Crippen LogP contribution >= 0.6 is 0 Å². The highest BCUT2D eigenvalue weighted by Gasteiger charge is 2.28. The summed E-state index contributed by atoms with van der Waals surface area (Å²) in [5.74, 6) is 1.25. The van der Waals surface area contributed by atoms with E-state index in [-0.39, 0.29) is 0 Å². The number of nitrogens with zero attached hydrogens (tertiary/aromatic N) is 3. The Morgan fingerprint density at radius 3 is 2.67 bits per heavy atom. The Morgan fingerprint density at radius 2 is 2.00 bits per heavy atom. The number of hydrogen-bond acceptors (Lipinski definition) is 4. The molecular weight excluding hydrogens is 302 g/mol. The van der Waals surface area contributed by atoms with Crippen molar-refractivity contribution in [2.75, 3.05) is 26.9 Å². The zero-order valence-electron chi connectivity index (χ0n) is 14.9. The van der Waals surface area contributed by atoms with Crippen molar-refractivity contribution >= 4 is 0 Å². The standard InChI is InChI=1S/C19H27N3O2/c1-4-22-13-16-11-21(10-15-6-8-18(23-3)9-7-15)12-17(14-24-5-2)19(16)20-22/h6-9,13,17H,4-5,10-12,14H2,1-3H3/t17-/m1/s1.